The van der Waals surface area contributed by atoms with E-state index in [0.717, 1.165) is 49.1 Å². The van der Waals surface area contributed by atoms with Crippen molar-refractivity contribution in [1.82, 2.24) is 24.4 Å². The molecule has 4 aromatic rings. The van der Waals surface area contributed by atoms with Gasteiger partial charge in [0.05, 0.1) is 16.6 Å². The average molecular weight is 679 g/mol. The van der Waals surface area contributed by atoms with Gasteiger partial charge in [-0.1, -0.05) is 19.1 Å². The van der Waals surface area contributed by atoms with Gasteiger partial charge in [-0.05, 0) is 61.6 Å². The van der Waals surface area contributed by atoms with Crippen molar-refractivity contribution in [2.24, 2.45) is 0 Å². The maximum atomic E-state index is 16.3. The largest absolute Gasteiger partial charge is 0.426 e. The maximum Gasteiger partial charge on any atom is 0.355 e. The van der Waals surface area contributed by atoms with E-state index in [4.69, 9.17) is 4.74 Å². The van der Waals surface area contributed by atoms with E-state index in [1.165, 1.54) is 24.4 Å². The van der Waals surface area contributed by atoms with Crippen LogP contribution in [-0.2, 0) is 19.4 Å². The number of anilines is 1. The molecule has 1 aliphatic heterocycles. The first-order valence-electron chi connectivity index (χ1n) is 15.3. The fraction of sp³-hybridized carbons (Fsp3) is 0.333. The molecule has 15 heteroatoms. The Labute approximate surface area is 274 Å². The third-order valence-electron chi connectivity index (χ3n) is 8.69. The lowest BCUT2D eigenvalue weighted by atomic mass is 9.79. The number of sulfone groups is 1. The lowest BCUT2D eigenvalue weighted by Gasteiger charge is -2.40. The quantitative estimate of drug-likeness (QED) is 0.160. The zero-order valence-corrected chi connectivity index (χ0v) is 27.3. The molecule has 250 valence electrons. The van der Waals surface area contributed by atoms with Gasteiger partial charge in [-0.25, -0.2) is 36.5 Å². The number of carbonyl (C=O) groups excluding carboxylic acids is 2. The summed E-state index contributed by atoms with van der Waals surface area (Å²) in [6.07, 6.45) is 5.89. The number of hydrogen-bond donors (Lipinski definition) is 0. The third-order valence-corrected chi connectivity index (χ3v) is 9.70. The van der Waals surface area contributed by atoms with Crippen LogP contribution in [-0.4, -0.2) is 76.6 Å². The van der Waals surface area contributed by atoms with Crippen LogP contribution < -0.4 is 15.3 Å². The molecule has 48 heavy (non-hydrogen) atoms. The van der Waals surface area contributed by atoms with Gasteiger partial charge in [0.1, 0.15) is 23.1 Å². The normalized spacial score (nSPS) is 16.9. The summed E-state index contributed by atoms with van der Waals surface area (Å²) in [6.45, 7) is 7.17. The fourth-order valence-electron chi connectivity index (χ4n) is 6.27. The van der Waals surface area contributed by atoms with Crippen LogP contribution in [0.25, 0.3) is 28.0 Å². The van der Waals surface area contributed by atoms with Gasteiger partial charge in [-0.15, -0.1) is 0 Å². The van der Waals surface area contributed by atoms with Crippen LogP contribution in [0.15, 0.2) is 59.0 Å². The Morgan fingerprint density at radius 1 is 1.10 bits per heavy atom. The summed E-state index contributed by atoms with van der Waals surface area (Å²) in [5.41, 5.74) is -1.72. The van der Waals surface area contributed by atoms with E-state index in [9.17, 15) is 22.8 Å². The topological polar surface area (TPSA) is 145 Å². The van der Waals surface area contributed by atoms with Gasteiger partial charge in [0.15, 0.2) is 26.3 Å². The van der Waals surface area contributed by atoms with E-state index in [2.05, 4.69) is 21.5 Å². The Balaban J connectivity index is 1.70. The van der Waals surface area contributed by atoms with Gasteiger partial charge in [0.2, 0.25) is 5.91 Å². The van der Waals surface area contributed by atoms with Gasteiger partial charge < -0.3 is 14.5 Å². The number of halogens is 2. The molecule has 1 saturated carbocycles. The van der Waals surface area contributed by atoms with E-state index in [1.807, 2.05) is 6.92 Å². The Morgan fingerprint density at radius 3 is 2.48 bits per heavy atom. The highest BCUT2D eigenvalue weighted by Gasteiger charge is 2.34. The standard InChI is InChI=1S/C33H32F2N6O6S/c1-5-26(43)39-14-15-40(18(2)17-39)30-22-16-24(35)28(27-23(34)10-7-11-25(27)47-19(3)42)37-31(22)41(33(44)38-30)29-21(20-8-6-9-20)12-13-36-32(29)48(4,45)46/h5,7,10-13,16,18,20H,1,6,8-9,14-15,17H2,2-4H3/t18-/m0/s1. The van der Waals surface area contributed by atoms with Crippen LogP contribution in [0.4, 0.5) is 14.6 Å². The number of carbonyl (C=O) groups is 2. The minimum Gasteiger partial charge on any atom is -0.426 e. The van der Waals surface area contributed by atoms with Gasteiger partial charge in [0.25, 0.3) is 0 Å². The first-order valence-corrected chi connectivity index (χ1v) is 17.2. The molecule has 1 aliphatic carbocycles. The number of piperazine rings is 1. The number of esters is 1. The van der Waals surface area contributed by atoms with Crippen molar-refractivity contribution in [1.29, 1.82) is 0 Å². The number of pyridine rings is 2. The molecule has 3 aromatic heterocycles. The summed E-state index contributed by atoms with van der Waals surface area (Å²) >= 11 is 0. The molecular weight excluding hydrogens is 646 g/mol. The molecule has 6 rings (SSSR count). The minimum absolute atomic E-state index is 0.0273. The molecular formula is C33H32F2N6O6S. The number of benzene rings is 1. The number of amides is 1. The van der Waals surface area contributed by atoms with Crippen molar-refractivity contribution in [3.8, 4) is 22.7 Å². The van der Waals surface area contributed by atoms with Gasteiger partial charge in [-0.2, -0.15) is 4.98 Å². The summed E-state index contributed by atoms with van der Waals surface area (Å²) in [5.74, 6) is -3.37. The predicted molar refractivity (Wildman–Crippen MR) is 173 cm³/mol. The highest BCUT2D eigenvalue weighted by atomic mass is 32.2. The summed E-state index contributed by atoms with van der Waals surface area (Å²) in [4.78, 5) is 54.8. The number of ether oxygens (including phenoxy) is 1. The van der Waals surface area contributed by atoms with Gasteiger partial charge in [-0.3, -0.25) is 9.59 Å². The summed E-state index contributed by atoms with van der Waals surface area (Å²) < 4.78 is 64.2. The minimum atomic E-state index is -4.03. The summed E-state index contributed by atoms with van der Waals surface area (Å²) in [5, 5.41) is -0.367. The molecule has 0 bridgehead atoms. The van der Waals surface area contributed by atoms with Crippen molar-refractivity contribution in [3.05, 3.63) is 76.9 Å². The van der Waals surface area contributed by atoms with Gasteiger partial charge >= 0.3 is 11.7 Å². The highest BCUT2D eigenvalue weighted by molar-refractivity contribution is 7.90. The van der Waals surface area contributed by atoms with Crippen LogP contribution in [0.5, 0.6) is 5.75 Å². The van der Waals surface area contributed by atoms with Crippen LogP contribution in [0, 0.1) is 11.6 Å². The second kappa shape index (κ2) is 12.5. The molecule has 0 spiro atoms. The molecule has 1 atom stereocenters. The molecule has 0 radical (unpaired) electrons. The lowest BCUT2D eigenvalue weighted by molar-refractivity contribution is -0.132. The number of nitrogens with zero attached hydrogens (tertiary/aromatic N) is 6. The van der Waals surface area contributed by atoms with Crippen LogP contribution in [0.3, 0.4) is 0 Å². The fourth-order valence-corrected chi connectivity index (χ4v) is 7.08. The Bertz CT molecular complexity index is 2170. The average Bonchev–Trinajstić information content (AvgIpc) is 2.99. The second-order valence-electron chi connectivity index (χ2n) is 11.9. The summed E-state index contributed by atoms with van der Waals surface area (Å²) in [6, 6.07) is 5.90. The predicted octanol–water partition coefficient (Wildman–Crippen LogP) is 3.94. The zero-order chi connectivity index (χ0) is 34.5. The molecule has 4 heterocycles. The van der Waals surface area contributed by atoms with E-state index >= 15 is 8.78 Å². The molecule has 12 nitrogen and oxygen atoms in total. The highest BCUT2D eigenvalue weighted by Crippen LogP contribution is 2.42. The number of aromatic nitrogens is 4. The maximum absolute atomic E-state index is 16.3. The number of rotatable bonds is 7. The molecule has 1 saturated heterocycles. The monoisotopic (exact) mass is 678 g/mol. The summed E-state index contributed by atoms with van der Waals surface area (Å²) in [7, 11) is -4.03. The number of hydrogen-bond acceptors (Lipinski definition) is 10. The van der Waals surface area contributed by atoms with Crippen LogP contribution in [0.2, 0.25) is 0 Å². The van der Waals surface area contributed by atoms with Crippen molar-refractivity contribution < 1.29 is 31.5 Å². The van der Waals surface area contributed by atoms with E-state index in [0.29, 0.717) is 5.56 Å². The van der Waals surface area contributed by atoms with Gasteiger partial charge in [0, 0.05) is 45.1 Å². The van der Waals surface area contributed by atoms with Crippen LogP contribution >= 0.6 is 0 Å². The van der Waals surface area contributed by atoms with E-state index in [1.54, 1.807) is 15.9 Å². The Hall–Kier alpha value is -5.05. The first-order chi connectivity index (χ1) is 22.8. The second-order valence-corrected chi connectivity index (χ2v) is 13.9. The molecule has 2 fully saturated rings. The van der Waals surface area contributed by atoms with Crippen molar-refractivity contribution in [2.45, 2.75) is 50.1 Å². The SMILES string of the molecule is C=CC(=O)N1CCN(c2nc(=O)n(-c3c(C4CCC4)ccnc3S(C)(=O)=O)c3nc(-c4c(F)cccc4OC(C)=O)c(F)cc23)[C@@H](C)C1. The molecule has 0 N–H and O–H groups in total. The lowest BCUT2D eigenvalue weighted by Crippen LogP contribution is -2.54. The third kappa shape index (κ3) is 5.82. The van der Waals surface area contributed by atoms with Crippen LogP contribution in [0.1, 0.15) is 44.6 Å². The van der Waals surface area contributed by atoms with E-state index in [-0.39, 0.29) is 59.7 Å². The van der Waals surface area contributed by atoms with E-state index < -0.39 is 55.5 Å². The number of fused-ring (bicyclic) bond motifs is 1. The van der Waals surface area contributed by atoms with Crippen molar-refractivity contribution in [2.75, 3.05) is 30.8 Å². The van der Waals surface area contributed by atoms with Crippen molar-refractivity contribution in [3.63, 3.8) is 0 Å². The zero-order valence-electron chi connectivity index (χ0n) is 26.4. The molecule has 1 amide bonds. The first kappa shape index (κ1) is 32.9. The molecule has 2 aliphatic rings. The molecule has 0 unspecified atom stereocenters. The smallest absolute Gasteiger partial charge is 0.355 e. The van der Waals surface area contributed by atoms with Crippen molar-refractivity contribution >= 4 is 38.6 Å². The Morgan fingerprint density at radius 2 is 1.85 bits per heavy atom. The Kier molecular flexibility index (Phi) is 8.58. The molecule has 1 aromatic carbocycles.